The van der Waals surface area contributed by atoms with Gasteiger partial charge in [0.2, 0.25) is 0 Å². The molecule has 0 aliphatic rings. The largest absolute Gasteiger partial charge is 0.522 e. The Morgan fingerprint density at radius 3 is 2.70 bits per heavy atom. The lowest BCUT2D eigenvalue weighted by molar-refractivity contribution is -0.323. The minimum atomic E-state index is -4.57. The van der Waals surface area contributed by atoms with Crippen LogP contribution in [0.2, 0.25) is 0 Å². The molecule has 1 heterocycles. The van der Waals surface area contributed by atoms with E-state index in [4.69, 9.17) is 0 Å². The molecule has 108 valence electrons. The smallest absolute Gasteiger partial charge is 0.310 e. The molecule has 0 amide bonds. The van der Waals surface area contributed by atoms with Crippen molar-refractivity contribution >= 4 is 0 Å². The third kappa shape index (κ3) is 4.36. The Morgan fingerprint density at radius 1 is 1.20 bits per heavy atom. The van der Waals surface area contributed by atoms with E-state index in [1.165, 1.54) is 0 Å². The molecule has 0 aliphatic heterocycles. The SMILES string of the molecule is FC(F)(F)OCCNCc1ccccc1-n1cccn1. The van der Waals surface area contributed by atoms with Crippen molar-refractivity contribution in [3.05, 3.63) is 48.3 Å². The maximum atomic E-state index is 11.8. The Kier molecular flexibility index (Phi) is 4.75. The summed E-state index contributed by atoms with van der Waals surface area (Å²) in [5.74, 6) is 0. The lowest BCUT2D eigenvalue weighted by atomic mass is 10.2. The van der Waals surface area contributed by atoms with Crippen molar-refractivity contribution in [3.63, 3.8) is 0 Å². The van der Waals surface area contributed by atoms with Crippen molar-refractivity contribution in [2.45, 2.75) is 12.9 Å². The molecule has 20 heavy (non-hydrogen) atoms. The first-order valence-corrected chi connectivity index (χ1v) is 6.05. The first-order valence-electron chi connectivity index (χ1n) is 6.05. The first kappa shape index (κ1) is 14.5. The summed E-state index contributed by atoms with van der Waals surface area (Å²) in [5.41, 5.74) is 1.84. The average Bonchev–Trinajstić information content (AvgIpc) is 2.91. The van der Waals surface area contributed by atoms with Crippen LogP contribution in [0, 0.1) is 0 Å². The normalized spacial score (nSPS) is 11.8. The number of nitrogens with one attached hydrogen (secondary N) is 1. The number of rotatable bonds is 6. The molecule has 1 aromatic carbocycles. The molecule has 2 rings (SSSR count). The van der Waals surface area contributed by atoms with Gasteiger partial charge in [-0.1, -0.05) is 18.2 Å². The minimum absolute atomic E-state index is 0.118. The highest BCUT2D eigenvalue weighted by Crippen LogP contribution is 2.15. The standard InChI is InChI=1S/C13H14F3N3O/c14-13(15,16)20-9-7-17-10-11-4-1-2-5-12(11)19-8-3-6-18-19/h1-6,8,17H,7,9-10H2. The maximum Gasteiger partial charge on any atom is 0.522 e. The molecule has 0 atom stereocenters. The van der Waals surface area contributed by atoms with E-state index in [0.29, 0.717) is 6.54 Å². The van der Waals surface area contributed by atoms with Gasteiger partial charge in [-0.15, -0.1) is 13.2 Å². The summed E-state index contributed by atoms with van der Waals surface area (Å²) in [7, 11) is 0. The summed E-state index contributed by atoms with van der Waals surface area (Å²) in [4.78, 5) is 0. The van der Waals surface area contributed by atoms with Crippen LogP contribution in [0.1, 0.15) is 5.56 Å². The Morgan fingerprint density at radius 2 is 2.00 bits per heavy atom. The molecular formula is C13H14F3N3O. The van der Waals surface area contributed by atoms with Gasteiger partial charge in [0.25, 0.3) is 0 Å². The second-order valence-corrected chi connectivity index (χ2v) is 4.05. The van der Waals surface area contributed by atoms with Gasteiger partial charge in [0, 0.05) is 25.5 Å². The van der Waals surface area contributed by atoms with E-state index in [1.807, 2.05) is 30.5 Å². The number of nitrogens with zero attached hydrogens (tertiary/aromatic N) is 2. The molecule has 0 aliphatic carbocycles. The van der Waals surface area contributed by atoms with E-state index in [0.717, 1.165) is 11.3 Å². The molecule has 0 bridgehead atoms. The summed E-state index contributed by atoms with van der Waals surface area (Å²) in [5, 5.41) is 7.05. The maximum absolute atomic E-state index is 11.8. The number of alkyl halides is 3. The van der Waals surface area contributed by atoms with Crippen LogP contribution in [0.25, 0.3) is 5.69 Å². The lowest BCUT2D eigenvalue weighted by Gasteiger charge is -2.11. The third-order valence-corrected chi connectivity index (χ3v) is 2.60. The summed E-state index contributed by atoms with van der Waals surface area (Å²) in [6.07, 6.45) is -1.10. The van der Waals surface area contributed by atoms with Gasteiger partial charge >= 0.3 is 6.36 Å². The zero-order chi connectivity index (χ0) is 14.4. The van der Waals surface area contributed by atoms with E-state index < -0.39 is 13.0 Å². The quantitative estimate of drug-likeness (QED) is 0.829. The van der Waals surface area contributed by atoms with E-state index in [9.17, 15) is 13.2 Å². The van der Waals surface area contributed by atoms with E-state index in [-0.39, 0.29) is 6.54 Å². The van der Waals surface area contributed by atoms with Crippen molar-refractivity contribution in [1.82, 2.24) is 15.1 Å². The van der Waals surface area contributed by atoms with Crippen LogP contribution in [-0.2, 0) is 11.3 Å². The van der Waals surface area contributed by atoms with Crippen molar-refractivity contribution < 1.29 is 17.9 Å². The monoisotopic (exact) mass is 285 g/mol. The first-order chi connectivity index (χ1) is 9.56. The molecule has 0 spiro atoms. The van der Waals surface area contributed by atoms with Crippen molar-refractivity contribution in [2.75, 3.05) is 13.2 Å². The van der Waals surface area contributed by atoms with Crippen LogP contribution in [0.5, 0.6) is 0 Å². The Hall–Kier alpha value is -1.86. The van der Waals surface area contributed by atoms with Gasteiger partial charge in [0.15, 0.2) is 0 Å². The van der Waals surface area contributed by atoms with Gasteiger partial charge in [-0.2, -0.15) is 5.10 Å². The van der Waals surface area contributed by atoms with Gasteiger partial charge in [-0.3, -0.25) is 4.74 Å². The zero-order valence-corrected chi connectivity index (χ0v) is 10.6. The molecule has 1 N–H and O–H groups in total. The van der Waals surface area contributed by atoms with Crippen LogP contribution in [-0.4, -0.2) is 29.3 Å². The highest BCUT2D eigenvalue weighted by Gasteiger charge is 2.28. The van der Waals surface area contributed by atoms with E-state index >= 15 is 0 Å². The predicted molar refractivity (Wildman–Crippen MR) is 67.3 cm³/mol. The highest BCUT2D eigenvalue weighted by atomic mass is 19.4. The van der Waals surface area contributed by atoms with Gasteiger partial charge in [-0.05, 0) is 17.7 Å². The molecule has 1 aromatic heterocycles. The molecule has 0 saturated carbocycles. The molecule has 0 saturated heterocycles. The molecule has 7 heteroatoms. The van der Waals surface area contributed by atoms with Gasteiger partial charge < -0.3 is 5.32 Å². The van der Waals surface area contributed by atoms with Crippen molar-refractivity contribution in [2.24, 2.45) is 0 Å². The number of hydrogen-bond acceptors (Lipinski definition) is 3. The average molecular weight is 285 g/mol. The van der Waals surface area contributed by atoms with Crippen LogP contribution >= 0.6 is 0 Å². The van der Waals surface area contributed by atoms with Crippen molar-refractivity contribution in [1.29, 1.82) is 0 Å². The molecular weight excluding hydrogens is 271 g/mol. The summed E-state index contributed by atoms with van der Waals surface area (Å²) >= 11 is 0. The number of benzene rings is 1. The molecule has 4 nitrogen and oxygen atoms in total. The predicted octanol–water partition coefficient (Wildman–Crippen LogP) is 2.50. The fraction of sp³-hybridized carbons (Fsp3) is 0.308. The van der Waals surface area contributed by atoms with E-state index in [2.05, 4.69) is 15.2 Å². The van der Waals surface area contributed by atoms with Gasteiger partial charge in [0.1, 0.15) is 0 Å². The fourth-order valence-electron chi connectivity index (χ4n) is 1.76. The fourth-order valence-corrected chi connectivity index (χ4v) is 1.76. The second kappa shape index (κ2) is 6.53. The number of hydrogen-bond donors (Lipinski definition) is 1. The lowest BCUT2D eigenvalue weighted by Crippen LogP contribution is -2.24. The van der Waals surface area contributed by atoms with Crippen LogP contribution in [0.15, 0.2) is 42.7 Å². The zero-order valence-electron chi connectivity index (χ0n) is 10.6. The Balaban J connectivity index is 1.88. The second-order valence-electron chi connectivity index (χ2n) is 4.05. The van der Waals surface area contributed by atoms with Crippen LogP contribution in [0.4, 0.5) is 13.2 Å². The Bertz CT molecular complexity index is 526. The summed E-state index contributed by atoms with van der Waals surface area (Å²) in [6.45, 7) is 0.150. The van der Waals surface area contributed by atoms with E-state index in [1.54, 1.807) is 16.9 Å². The van der Waals surface area contributed by atoms with Crippen molar-refractivity contribution in [3.8, 4) is 5.69 Å². The molecule has 2 aromatic rings. The van der Waals surface area contributed by atoms with Gasteiger partial charge in [0.05, 0.1) is 12.3 Å². The number of aromatic nitrogens is 2. The molecule has 0 radical (unpaired) electrons. The number of halogens is 3. The highest BCUT2D eigenvalue weighted by molar-refractivity contribution is 5.40. The molecule has 0 unspecified atom stereocenters. The number of ether oxygens (including phenoxy) is 1. The van der Waals surface area contributed by atoms with Crippen LogP contribution in [0.3, 0.4) is 0 Å². The van der Waals surface area contributed by atoms with Gasteiger partial charge in [-0.25, -0.2) is 4.68 Å². The third-order valence-electron chi connectivity index (χ3n) is 2.60. The minimum Gasteiger partial charge on any atom is -0.310 e. The Labute approximate surface area is 114 Å². The number of para-hydroxylation sites is 1. The summed E-state index contributed by atoms with van der Waals surface area (Å²) in [6, 6.07) is 9.36. The molecule has 0 fully saturated rings. The summed E-state index contributed by atoms with van der Waals surface area (Å²) < 4.78 is 40.8. The van der Waals surface area contributed by atoms with Crippen LogP contribution < -0.4 is 5.32 Å². The topological polar surface area (TPSA) is 39.1 Å².